The Morgan fingerprint density at radius 2 is 2.00 bits per heavy atom. The van der Waals surface area contributed by atoms with Crippen LogP contribution in [0.25, 0.3) is 0 Å². The van der Waals surface area contributed by atoms with Crippen LogP contribution in [0, 0.1) is 5.92 Å². The predicted molar refractivity (Wildman–Crippen MR) is 67.1 cm³/mol. The van der Waals surface area contributed by atoms with Gasteiger partial charge in [0, 0.05) is 6.04 Å². The zero-order chi connectivity index (χ0) is 11.4. The molecule has 1 atom stereocenters. The molecule has 84 valence electrons. The second kappa shape index (κ2) is 5.52. The van der Waals surface area contributed by atoms with E-state index in [1.165, 1.54) is 0 Å². The largest absolute Gasteiger partial charge is 0.492 e. The molecule has 3 heteroatoms. The number of benzene rings is 1. The highest BCUT2D eigenvalue weighted by molar-refractivity contribution is 9.10. The molecule has 0 aliphatic heterocycles. The first kappa shape index (κ1) is 12.5. The van der Waals surface area contributed by atoms with Crippen LogP contribution in [0.4, 0.5) is 0 Å². The molecule has 1 unspecified atom stereocenters. The van der Waals surface area contributed by atoms with E-state index in [2.05, 4.69) is 29.8 Å². The van der Waals surface area contributed by atoms with Gasteiger partial charge in [0.2, 0.25) is 0 Å². The highest BCUT2D eigenvalue weighted by Gasteiger charge is 2.06. The molecule has 1 aromatic carbocycles. The van der Waals surface area contributed by atoms with Crippen LogP contribution in [-0.2, 0) is 0 Å². The van der Waals surface area contributed by atoms with Crippen molar-refractivity contribution >= 4 is 15.9 Å². The van der Waals surface area contributed by atoms with Crippen LogP contribution in [0.5, 0.6) is 5.75 Å². The fourth-order valence-electron chi connectivity index (χ4n) is 1.17. The van der Waals surface area contributed by atoms with E-state index in [0.717, 1.165) is 22.4 Å². The van der Waals surface area contributed by atoms with Gasteiger partial charge in [0.15, 0.2) is 0 Å². The molecule has 0 aliphatic rings. The quantitative estimate of drug-likeness (QED) is 0.910. The predicted octanol–water partition coefficient (Wildman–Crippen LogP) is 3.50. The Hall–Kier alpha value is -0.540. The van der Waals surface area contributed by atoms with E-state index in [0.29, 0.717) is 5.92 Å². The van der Waals surface area contributed by atoms with Gasteiger partial charge in [-0.1, -0.05) is 19.9 Å². The van der Waals surface area contributed by atoms with Crippen molar-refractivity contribution < 1.29 is 4.74 Å². The fourth-order valence-corrected chi connectivity index (χ4v) is 1.68. The third-order valence-corrected chi connectivity index (χ3v) is 2.67. The third-order valence-electron chi connectivity index (χ3n) is 2.05. The van der Waals surface area contributed by atoms with Crippen molar-refractivity contribution in [2.24, 2.45) is 11.7 Å². The van der Waals surface area contributed by atoms with Crippen LogP contribution >= 0.6 is 15.9 Å². The first-order valence-corrected chi connectivity index (χ1v) is 5.98. The van der Waals surface area contributed by atoms with Crippen LogP contribution in [0.2, 0.25) is 0 Å². The minimum absolute atomic E-state index is 0.0560. The smallest absolute Gasteiger partial charge is 0.133 e. The fraction of sp³-hybridized carbons (Fsp3) is 0.500. The van der Waals surface area contributed by atoms with Crippen molar-refractivity contribution in [3.05, 3.63) is 28.2 Å². The Morgan fingerprint density at radius 3 is 2.47 bits per heavy atom. The van der Waals surface area contributed by atoms with E-state index in [9.17, 15) is 0 Å². The molecule has 1 rings (SSSR count). The minimum Gasteiger partial charge on any atom is -0.492 e. The second-order valence-electron chi connectivity index (χ2n) is 4.18. The van der Waals surface area contributed by atoms with Crippen molar-refractivity contribution in [2.45, 2.75) is 26.8 Å². The molecule has 0 amide bonds. The molecule has 0 aliphatic carbocycles. The average Bonchev–Trinajstić information content (AvgIpc) is 2.15. The molecule has 0 heterocycles. The number of nitrogens with two attached hydrogens (primary N) is 1. The Kier molecular flexibility index (Phi) is 4.61. The monoisotopic (exact) mass is 271 g/mol. The van der Waals surface area contributed by atoms with E-state index in [-0.39, 0.29) is 6.04 Å². The molecule has 2 N–H and O–H groups in total. The van der Waals surface area contributed by atoms with Gasteiger partial charge in [0.1, 0.15) is 5.75 Å². The zero-order valence-electron chi connectivity index (χ0n) is 9.46. The Labute approximate surface area is 99.9 Å². The Balaban J connectivity index is 2.75. The number of ether oxygens (including phenoxy) is 1. The maximum absolute atomic E-state index is 5.79. The summed E-state index contributed by atoms with van der Waals surface area (Å²) in [6.07, 6.45) is 0. The summed E-state index contributed by atoms with van der Waals surface area (Å²) < 4.78 is 6.62. The van der Waals surface area contributed by atoms with Gasteiger partial charge in [-0.3, -0.25) is 0 Å². The van der Waals surface area contributed by atoms with Crippen LogP contribution in [-0.4, -0.2) is 6.61 Å². The van der Waals surface area contributed by atoms with Gasteiger partial charge < -0.3 is 10.5 Å². The summed E-state index contributed by atoms with van der Waals surface area (Å²) in [5.74, 6) is 1.41. The van der Waals surface area contributed by atoms with Gasteiger partial charge in [-0.2, -0.15) is 0 Å². The van der Waals surface area contributed by atoms with Crippen LogP contribution in [0.3, 0.4) is 0 Å². The highest BCUT2D eigenvalue weighted by Crippen LogP contribution is 2.28. The first-order chi connectivity index (χ1) is 7.00. The van der Waals surface area contributed by atoms with Crippen molar-refractivity contribution in [1.82, 2.24) is 0 Å². The molecule has 0 fully saturated rings. The lowest BCUT2D eigenvalue weighted by molar-refractivity contribution is 0.269. The summed E-state index contributed by atoms with van der Waals surface area (Å²) >= 11 is 3.48. The van der Waals surface area contributed by atoms with Crippen LogP contribution in [0.1, 0.15) is 32.4 Å². The molecule has 1 aromatic rings. The molecule has 15 heavy (non-hydrogen) atoms. The van der Waals surface area contributed by atoms with Crippen molar-refractivity contribution in [1.29, 1.82) is 0 Å². The molecule has 0 bridgehead atoms. The highest BCUT2D eigenvalue weighted by atomic mass is 79.9. The average molecular weight is 272 g/mol. The molecule has 2 nitrogen and oxygen atoms in total. The van der Waals surface area contributed by atoms with E-state index in [1.807, 2.05) is 25.1 Å². The normalized spacial score (nSPS) is 12.9. The summed E-state index contributed by atoms with van der Waals surface area (Å²) in [4.78, 5) is 0. The van der Waals surface area contributed by atoms with Gasteiger partial charge in [0.05, 0.1) is 11.1 Å². The van der Waals surface area contributed by atoms with Crippen LogP contribution in [0.15, 0.2) is 22.7 Å². The second-order valence-corrected chi connectivity index (χ2v) is 5.04. The molecular weight excluding hydrogens is 254 g/mol. The van der Waals surface area contributed by atoms with Crippen molar-refractivity contribution in [3.8, 4) is 5.75 Å². The number of hydrogen-bond acceptors (Lipinski definition) is 2. The number of rotatable bonds is 4. The maximum Gasteiger partial charge on any atom is 0.133 e. The standard InChI is InChI=1S/C12H18BrNO/c1-8(2)7-15-12-5-4-10(9(3)14)6-11(12)13/h4-6,8-9H,7,14H2,1-3H3. The van der Waals surface area contributed by atoms with Gasteiger partial charge in [-0.05, 0) is 46.5 Å². The summed E-state index contributed by atoms with van der Waals surface area (Å²) in [7, 11) is 0. The molecular formula is C12H18BrNO. The number of halogens is 1. The number of hydrogen-bond donors (Lipinski definition) is 1. The van der Waals surface area contributed by atoms with Crippen molar-refractivity contribution in [3.63, 3.8) is 0 Å². The topological polar surface area (TPSA) is 35.2 Å². The van der Waals surface area contributed by atoms with Gasteiger partial charge >= 0.3 is 0 Å². The molecule has 0 radical (unpaired) electrons. The zero-order valence-corrected chi connectivity index (χ0v) is 11.0. The lowest BCUT2D eigenvalue weighted by atomic mass is 10.1. The minimum atomic E-state index is 0.0560. The van der Waals surface area contributed by atoms with E-state index >= 15 is 0 Å². The maximum atomic E-state index is 5.79. The Morgan fingerprint density at radius 1 is 1.33 bits per heavy atom. The molecule has 0 spiro atoms. The van der Waals surface area contributed by atoms with E-state index < -0.39 is 0 Å². The summed E-state index contributed by atoms with van der Waals surface area (Å²) in [5, 5.41) is 0. The lowest BCUT2D eigenvalue weighted by Crippen LogP contribution is -2.07. The van der Waals surface area contributed by atoms with E-state index in [4.69, 9.17) is 10.5 Å². The molecule has 0 saturated carbocycles. The Bertz CT molecular complexity index is 323. The van der Waals surface area contributed by atoms with Crippen molar-refractivity contribution in [2.75, 3.05) is 6.61 Å². The summed E-state index contributed by atoms with van der Waals surface area (Å²) in [6.45, 7) is 6.96. The third kappa shape index (κ3) is 3.84. The van der Waals surface area contributed by atoms with Crippen LogP contribution < -0.4 is 10.5 Å². The molecule has 0 aromatic heterocycles. The van der Waals surface area contributed by atoms with E-state index in [1.54, 1.807) is 0 Å². The molecule has 0 saturated heterocycles. The lowest BCUT2D eigenvalue weighted by Gasteiger charge is -2.12. The summed E-state index contributed by atoms with van der Waals surface area (Å²) in [5.41, 5.74) is 6.90. The SMILES string of the molecule is CC(C)COc1ccc(C(C)N)cc1Br. The van der Waals surface area contributed by atoms with Gasteiger partial charge in [-0.15, -0.1) is 0 Å². The first-order valence-electron chi connectivity index (χ1n) is 5.18. The van der Waals surface area contributed by atoms with Gasteiger partial charge in [0.25, 0.3) is 0 Å². The van der Waals surface area contributed by atoms with Gasteiger partial charge in [-0.25, -0.2) is 0 Å². The summed E-state index contributed by atoms with van der Waals surface area (Å²) in [6, 6.07) is 6.04.